The summed E-state index contributed by atoms with van der Waals surface area (Å²) in [5, 5.41) is 13.5. The predicted octanol–water partition coefficient (Wildman–Crippen LogP) is 2.16. The zero-order valence-corrected chi connectivity index (χ0v) is 9.59. The fourth-order valence-electron chi connectivity index (χ4n) is 2.38. The van der Waals surface area contributed by atoms with Gasteiger partial charge in [0.1, 0.15) is 0 Å². The van der Waals surface area contributed by atoms with Crippen molar-refractivity contribution in [1.82, 2.24) is 5.32 Å². The molecule has 2 unspecified atom stereocenters. The molecule has 0 fully saturated rings. The third-order valence-corrected chi connectivity index (χ3v) is 3.29. The molecule has 82 valence electrons. The van der Waals surface area contributed by atoms with Gasteiger partial charge in [0, 0.05) is 23.6 Å². The summed E-state index contributed by atoms with van der Waals surface area (Å²) in [6.45, 7) is 3.23. The number of fused-ring (bicyclic) bond motifs is 1. The van der Waals surface area contributed by atoms with Gasteiger partial charge in [-0.2, -0.15) is 0 Å². The Hall–Kier alpha value is -0.570. The van der Waals surface area contributed by atoms with Crippen LogP contribution in [0.3, 0.4) is 0 Å². The van der Waals surface area contributed by atoms with E-state index in [1.54, 1.807) is 0 Å². The predicted molar refractivity (Wildman–Crippen MR) is 62.1 cm³/mol. The number of benzene rings is 1. The Kier molecular flexibility index (Phi) is 3.29. The average molecular weight is 226 g/mol. The molecule has 0 radical (unpaired) electrons. The smallest absolute Gasteiger partial charge is 0.0480 e. The highest BCUT2D eigenvalue weighted by molar-refractivity contribution is 6.30. The Bertz CT molecular complexity index is 353. The number of aliphatic hydroxyl groups is 1. The van der Waals surface area contributed by atoms with Crippen LogP contribution in [0, 0.1) is 5.92 Å². The molecule has 0 aliphatic heterocycles. The highest BCUT2D eigenvalue weighted by Gasteiger charge is 2.31. The summed E-state index contributed by atoms with van der Waals surface area (Å²) in [6, 6.07) is 6.29. The highest BCUT2D eigenvalue weighted by atomic mass is 35.5. The molecule has 2 nitrogen and oxygen atoms in total. The van der Waals surface area contributed by atoms with Gasteiger partial charge in [-0.1, -0.05) is 24.6 Å². The molecule has 0 saturated carbocycles. The van der Waals surface area contributed by atoms with Crippen LogP contribution in [0.25, 0.3) is 0 Å². The zero-order chi connectivity index (χ0) is 10.8. The summed E-state index contributed by atoms with van der Waals surface area (Å²) in [7, 11) is 0. The van der Waals surface area contributed by atoms with E-state index in [4.69, 9.17) is 11.6 Å². The lowest BCUT2D eigenvalue weighted by molar-refractivity contribution is 0.201. The zero-order valence-electron chi connectivity index (χ0n) is 8.83. The third kappa shape index (κ3) is 2.03. The summed E-state index contributed by atoms with van der Waals surface area (Å²) < 4.78 is 0. The van der Waals surface area contributed by atoms with Crippen molar-refractivity contribution in [2.24, 2.45) is 5.92 Å². The lowest BCUT2D eigenvalue weighted by Gasteiger charge is -2.19. The summed E-state index contributed by atoms with van der Waals surface area (Å²) >= 11 is 5.96. The normalized spacial score (nSPS) is 24.2. The van der Waals surface area contributed by atoms with Crippen LogP contribution in [0.1, 0.15) is 24.1 Å². The maximum absolute atomic E-state index is 9.33. The summed E-state index contributed by atoms with van der Waals surface area (Å²) in [5.41, 5.74) is 2.56. The standard InChI is InChI=1S/C12H16ClNO/c1-2-14-12-9(7-15)5-8-6-10(13)3-4-11(8)12/h3-4,6,9,12,14-15H,2,5,7H2,1H3. The van der Waals surface area contributed by atoms with Gasteiger partial charge >= 0.3 is 0 Å². The summed E-state index contributed by atoms with van der Waals surface area (Å²) in [5.74, 6) is 0.290. The average Bonchev–Trinajstić information content (AvgIpc) is 2.56. The van der Waals surface area contributed by atoms with Crippen molar-refractivity contribution in [3.63, 3.8) is 0 Å². The number of halogens is 1. The Morgan fingerprint density at radius 2 is 2.33 bits per heavy atom. The number of hydrogen-bond donors (Lipinski definition) is 2. The van der Waals surface area contributed by atoms with Crippen LogP contribution in [0.4, 0.5) is 0 Å². The van der Waals surface area contributed by atoms with Gasteiger partial charge in [0.05, 0.1) is 0 Å². The monoisotopic (exact) mass is 225 g/mol. The van der Waals surface area contributed by atoms with Crippen molar-refractivity contribution in [3.05, 3.63) is 34.3 Å². The number of rotatable bonds is 3. The minimum Gasteiger partial charge on any atom is -0.396 e. The first-order chi connectivity index (χ1) is 7.26. The van der Waals surface area contributed by atoms with Gasteiger partial charge in [0.25, 0.3) is 0 Å². The summed E-state index contributed by atoms with van der Waals surface area (Å²) in [4.78, 5) is 0. The molecule has 0 heterocycles. The lowest BCUT2D eigenvalue weighted by atomic mass is 10.0. The fourth-order valence-corrected chi connectivity index (χ4v) is 2.57. The van der Waals surface area contributed by atoms with Crippen LogP contribution in [0.5, 0.6) is 0 Å². The third-order valence-electron chi connectivity index (χ3n) is 3.05. The van der Waals surface area contributed by atoms with Crippen LogP contribution in [0.15, 0.2) is 18.2 Å². The van der Waals surface area contributed by atoms with Crippen molar-refractivity contribution in [3.8, 4) is 0 Å². The first-order valence-electron chi connectivity index (χ1n) is 5.38. The SMILES string of the molecule is CCNC1c2ccc(Cl)cc2CC1CO. The van der Waals surface area contributed by atoms with Crippen LogP contribution in [-0.4, -0.2) is 18.3 Å². The molecule has 0 saturated heterocycles. The minimum atomic E-state index is 0.226. The molecule has 1 aliphatic carbocycles. The topological polar surface area (TPSA) is 32.3 Å². The van der Waals surface area contributed by atoms with Gasteiger partial charge in [0.15, 0.2) is 0 Å². The second kappa shape index (κ2) is 4.52. The van der Waals surface area contributed by atoms with E-state index in [1.165, 1.54) is 11.1 Å². The lowest BCUT2D eigenvalue weighted by Crippen LogP contribution is -2.27. The molecular weight excluding hydrogens is 210 g/mol. The van der Waals surface area contributed by atoms with Crippen LogP contribution >= 0.6 is 11.6 Å². The molecule has 15 heavy (non-hydrogen) atoms. The maximum Gasteiger partial charge on any atom is 0.0480 e. The maximum atomic E-state index is 9.33. The van der Waals surface area contributed by atoms with E-state index in [-0.39, 0.29) is 12.6 Å². The molecule has 1 aromatic rings. The van der Waals surface area contributed by atoms with E-state index < -0.39 is 0 Å². The number of hydrogen-bond acceptors (Lipinski definition) is 2. The number of aliphatic hydroxyl groups excluding tert-OH is 1. The summed E-state index contributed by atoms with van der Waals surface area (Å²) in [6.07, 6.45) is 0.921. The van der Waals surface area contributed by atoms with E-state index in [0.717, 1.165) is 18.0 Å². The van der Waals surface area contributed by atoms with Gasteiger partial charge in [-0.15, -0.1) is 0 Å². The van der Waals surface area contributed by atoms with E-state index in [0.29, 0.717) is 5.92 Å². The van der Waals surface area contributed by atoms with E-state index >= 15 is 0 Å². The fraction of sp³-hybridized carbons (Fsp3) is 0.500. The van der Waals surface area contributed by atoms with Gasteiger partial charge in [-0.3, -0.25) is 0 Å². The second-order valence-electron chi connectivity index (χ2n) is 4.03. The van der Waals surface area contributed by atoms with Crippen molar-refractivity contribution < 1.29 is 5.11 Å². The van der Waals surface area contributed by atoms with Gasteiger partial charge in [-0.25, -0.2) is 0 Å². The second-order valence-corrected chi connectivity index (χ2v) is 4.46. The van der Waals surface area contributed by atoms with Crippen molar-refractivity contribution in [2.45, 2.75) is 19.4 Å². The van der Waals surface area contributed by atoms with E-state index in [1.807, 2.05) is 12.1 Å². The largest absolute Gasteiger partial charge is 0.396 e. The minimum absolute atomic E-state index is 0.226. The Labute approximate surface area is 95.3 Å². The van der Waals surface area contributed by atoms with Crippen LogP contribution < -0.4 is 5.32 Å². The molecule has 2 N–H and O–H groups in total. The van der Waals surface area contributed by atoms with Crippen molar-refractivity contribution in [2.75, 3.05) is 13.2 Å². The Balaban J connectivity index is 2.31. The molecule has 0 aromatic heterocycles. The van der Waals surface area contributed by atoms with Crippen LogP contribution in [0.2, 0.25) is 5.02 Å². The molecule has 1 aromatic carbocycles. The molecular formula is C12H16ClNO. The van der Waals surface area contributed by atoms with E-state index in [9.17, 15) is 5.11 Å². The molecule has 0 amide bonds. The van der Waals surface area contributed by atoms with E-state index in [2.05, 4.69) is 18.3 Å². The Morgan fingerprint density at radius 1 is 1.53 bits per heavy atom. The quantitative estimate of drug-likeness (QED) is 0.827. The highest BCUT2D eigenvalue weighted by Crippen LogP contribution is 2.36. The van der Waals surface area contributed by atoms with Crippen LogP contribution in [-0.2, 0) is 6.42 Å². The first kappa shape index (κ1) is 10.9. The molecule has 1 aliphatic rings. The molecule has 2 atom stereocenters. The van der Waals surface area contributed by atoms with Crippen molar-refractivity contribution >= 4 is 11.6 Å². The first-order valence-corrected chi connectivity index (χ1v) is 5.76. The van der Waals surface area contributed by atoms with Crippen molar-refractivity contribution in [1.29, 1.82) is 0 Å². The molecule has 2 rings (SSSR count). The molecule has 0 spiro atoms. The molecule has 0 bridgehead atoms. The Morgan fingerprint density at radius 3 is 3.00 bits per heavy atom. The van der Waals surface area contributed by atoms with Gasteiger partial charge < -0.3 is 10.4 Å². The number of nitrogens with one attached hydrogen (secondary N) is 1. The molecule has 3 heteroatoms. The van der Waals surface area contributed by atoms with Gasteiger partial charge in [-0.05, 0) is 36.2 Å². The van der Waals surface area contributed by atoms with Gasteiger partial charge in [0.2, 0.25) is 0 Å².